The Morgan fingerprint density at radius 3 is 2.85 bits per heavy atom. The van der Waals surface area contributed by atoms with Crippen molar-refractivity contribution in [1.82, 2.24) is 10.7 Å². The quantitative estimate of drug-likeness (QED) is 0.398. The molecule has 7 heteroatoms. The van der Waals surface area contributed by atoms with Crippen molar-refractivity contribution in [2.24, 2.45) is 16.9 Å². The number of carboxylic acid groups (broad SMARTS) is 1. The first kappa shape index (κ1) is 20.4. The Morgan fingerprint density at radius 1 is 1.42 bits per heavy atom. The van der Waals surface area contributed by atoms with E-state index in [1.54, 1.807) is 0 Å². The summed E-state index contributed by atoms with van der Waals surface area (Å²) in [6, 6.07) is 2.23. The minimum atomic E-state index is -0.838. The second kappa shape index (κ2) is 9.16. The van der Waals surface area contributed by atoms with Crippen LogP contribution >= 0.6 is 12.2 Å². The van der Waals surface area contributed by atoms with Gasteiger partial charge in [-0.05, 0) is 50.4 Å². The van der Waals surface area contributed by atoms with Crippen molar-refractivity contribution in [3.8, 4) is 0 Å². The van der Waals surface area contributed by atoms with Gasteiger partial charge < -0.3 is 14.8 Å². The molecule has 3 N–H and O–H groups in total. The Hall–Kier alpha value is -1.89. The zero-order valence-corrected chi connectivity index (χ0v) is 16.8. The molecule has 0 aliphatic heterocycles. The molecule has 0 unspecified atom stereocenters. The second-order valence-corrected chi connectivity index (χ2v) is 7.64. The van der Waals surface area contributed by atoms with Crippen molar-refractivity contribution in [1.29, 1.82) is 0 Å². The molecule has 2 rings (SSSR count). The summed E-state index contributed by atoms with van der Waals surface area (Å²) in [4.78, 5) is 10.7. The van der Waals surface area contributed by atoms with Gasteiger partial charge in [0, 0.05) is 18.0 Å². The normalized spacial score (nSPS) is 23.5. The third-order valence-corrected chi connectivity index (χ3v) is 5.50. The number of nitrogens with zero attached hydrogens (tertiary/aromatic N) is 1. The third kappa shape index (κ3) is 5.56. The minimum absolute atomic E-state index is 0.0484. The number of hydrogen-bond donors (Lipinski definition) is 3. The van der Waals surface area contributed by atoms with E-state index < -0.39 is 5.97 Å². The van der Waals surface area contributed by atoms with Crippen LogP contribution in [0.4, 0.5) is 0 Å². The van der Waals surface area contributed by atoms with Gasteiger partial charge in [0.2, 0.25) is 0 Å². The number of aryl methyl sites for hydroxylation is 2. The highest BCUT2D eigenvalue weighted by atomic mass is 32.1. The van der Waals surface area contributed by atoms with Crippen LogP contribution in [-0.4, -0.2) is 27.9 Å². The topological polar surface area (TPSA) is 86.9 Å². The number of aliphatic carboxylic acids is 1. The van der Waals surface area contributed by atoms with E-state index in [2.05, 4.69) is 29.7 Å². The van der Waals surface area contributed by atoms with Gasteiger partial charge in [0.25, 0.3) is 0 Å². The maximum atomic E-state index is 10.7. The zero-order valence-electron chi connectivity index (χ0n) is 16.0. The van der Waals surface area contributed by atoms with E-state index in [-0.39, 0.29) is 6.42 Å². The molecule has 1 saturated carbocycles. The molecule has 1 aromatic heterocycles. The molecule has 0 aromatic carbocycles. The van der Waals surface area contributed by atoms with Crippen LogP contribution in [0.15, 0.2) is 15.6 Å². The second-order valence-electron chi connectivity index (χ2n) is 7.23. The molecule has 0 amide bonds. The van der Waals surface area contributed by atoms with Gasteiger partial charge in [0.1, 0.15) is 11.5 Å². The lowest BCUT2D eigenvalue weighted by atomic mass is 9.78. The fourth-order valence-electron chi connectivity index (χ4n) is 3.44. The Morgan fingerprint density at radius 2 is 2.15 bits per heavy atom. The molecule has 144 valence electrons. The number of carboxylic acids is 1. The summed E-state index contributed by atoms with van der Waals surface area (Å²) in [5.74, 6) is 1.83. The Balaban J connectivity index is 1.92. The molecule has 1 aliphatic carbocycles. The van der Waals surface area contributed by atoms with Crippen LogP contribution in [0.3, 0.4) is 0 Å². The molecule has 26 heavy (non-hydrogen) atoms. The monoisotopic (exact) mass is 379 g/mol. The molecule has 0 spiro atoms. The highest BCUT2D eigenvalue weighted by molar-refractivity contribution is 7.80. The maximum Gasteiger partial charge on any atom is 0.303 e. The summed E-state index contributed by atoms with van der Waals surface area (Å²) >= 11 is 5.39. The molecule has 1 aromatic rings. The third-order valence-electron chi connectivity index (χ3n) is 5.29. The van der Waals surface area contributed by atoms with Crippen LogP contribution in [0.25, 0.3) is 0 Å². The maximum absolute atomic E-state index is 10.7. The first-order valence-corrected chi connectivity index (χ1v) is 9.61. The van der Waals surface area contributed by atoms with Gasteiger partial charge in [0.05, 0.1) is 12.1 Å². The molecule has 1 heterocycles. The standard InChI is InChI=1S/C19H29N3O3S/c1-11-6-5-7-17(12(11)2)20-19(26)22-21-13(3)16-10-15(25-14(16)4)8-9-18(23)24/h10-12,17H,5-9H2,1-4H3,(H,23,24)(H2,20,22,26)/b21-13-/t11-,12-,17+/m0/s1. The summed E-state index contributed by atoms with van der Waals surface area (Å²) in [7, 11) is 0. The number of hydrazone groups is 1. The Bertz CT molecular complexity index is 684. The summed E-state index contributed by atoms with van der Waals surface area (Å²) in [6.45, 7) is 8.28. The van der Waals surface area contributed by atoms with Crippen LogP contribution in [0.5, 0.6) is 0 Å². The molecule has 0 saturated heterocycles. The zero-order chi connectivity index (χ0) is 19.3. The average Bonchev–Trinajstić information content (AvgIpc) is 2.96. The van der Waals surface area contributed by atoms with Crippen molar-refractivity contribution < 1.29 is 14.3 Å². The first-order valence-electron chi connectivity index (χ1n) is 9.20. The van der Waals surface area contributed by atoms with E-state index in [0.717, 1.165) is 23.5 Å². The number of furan rings is 1. The highest BCUT2D eigenvalue weighted by Crippen LogP contribution is 2.29. The van der Waals surface area contributed by atoms with E-state index in [4.69, 9.17) is 21.7 Å². The van der Waals surface area contributed by atoms with Crippen molar-refractivity contribution in [3.05, 3.63) is 23.2 Å². The summed E-state index contributed by atoms with van der Waals surface area (Å²) in [5.41, 5.74) is 4.54. The van der Waals surface area contributed by atoms with Gasteiger partial charge in [-0.1, -0.05) is 26.7 Å². The van der Waals surface area contributed by atoms with E-state index in [1.165, 1.54) is 12.8 Å². The smallest absolute Gasteiger partial charge is 0.303 e. The van der Waals surface area contributed by atoms with Crippen molar-refractivity contribution in [3.63, 3.8) is 0 Å². The number of thiocarbonyl (C=S) groups is 1. The summed E-state index contributed by atoms with van der Waals surface area (Å²) in [6.07, 6.45) is 4.05. The van der Waals surface area contributed by atoms with Crippen LogP contribution in [0.1, 0.15) is 63.5 Å². The van der Waals surface area contributed by atoms with Gasteiger partial charge in [0.15, 0.2) is 5.11 Å². The fraction of sp³-hybridized carbons (Fsp3) is 0.632. The minimum Gasteiger partial charge on any atom is -0.481 e. The predicted molar refractivity (Wildman–Crippen MR) is 106 cm³/mol. The van der Waals surface area contributed by atoms with Gasteiger partial charge in [-0.2, -0.15) is 5.10 Å². The van der Waals surface area contributed by atoms with Gasteiger partial charge in [-0.25, -0.2) is 0 Å². The van der Waals surface area contributed by atoms with Gasteiger partial charge in [-0.3, -0.25) is 10.2 Å². The van der Waals surface area contributed by atoms with Gasteiger partial charge >= 0.3 is 5.97 Å². The van der Waals surface area contributed by atoms with Crippen molar-refractivity contribution >= 4 is 29.0 Å². The molecular weight excluding hydrogens is 350 g/mol. The van der Waals surface area contributed by atoms with Crippen molar-refractivity contribution in [2.45, 2.75) is 65.8 Å². The molecular formula is C19H29N3O3S. The van der Waals surface area contributed by atoms with E-state index in [0.29, 0.717) is 35.2 Å². The van der Waals surface area contributed by atoms with Crippen molar-refractivity contribution in [2.75, 3.05) is 0 Å². The van der Waals surface area contributed by atoms with Crippen LogP contribution in [0.2, 0.25) is 0 Å². The lowest BCUT2D eigenvalue weighted by molar-refractivity contribution is -0.137. The Labute approximate surface area is 160 Å². The molecule has 0 bridgehead atoms. The van der Waals surface area contributed by atoms with E-state index in [1.807, 2.05) is 19.9 Å². The molecule has 0 radical (unpaired) electrons. The summed E-state index contributed by atoms with van der Waals surface area (Å²) < 4.78 is 5.62. The summed E-state index contributed by atoms with van der Waals surface area (Å²) in [5, 5.41) is 17.1. The first-order chi connectivity index (χ1) is 12.3. The predicted octanol–water partition coefficient (Wildman–Crippen LogP) is 3.62. The average molecular weight is 380 g/mol. The fourth-order valence-corrected chi connectivity index (χ4v) is 3.63. The van der Waals surface area contributed by atoms with Gasteiger partial charge in [-0.15, -0.1) is 0 Å². The largest absolute Gasteiger partial charge is 0.481 e. The molecule has 6 nitrogen and oxygen atoms in total. The lowest BCUT2D eigenvalue weighted by Crippen LogP contribution is -2.46. The lowest BCUT2D eigenvalue weighted by Gasteiger charge is -2.35. The van der Waals surface area contributed by atoms with Crippen LogP contribution < -0.4 is 10.7 Å². The Kier molecular flexibility index (Phi) is 7.20. The molecule has 3 atom stereocenters. The van der Waals surface area contributed by atoms with E-state index in [9.17, 15) is 4.79 Å². The van der Waals surface area contributed by atoms with Crippen LogP contribution in [0, 0.1) is 18.8 Å². The number of carbonyl (C=O) groups is 1. The SMILES string of the molecule is C/C(=N/NC(=S)N[C@@H]1CCC[C@H](C)[C@@H]1C)c1cc(CCC(=O)O)oc1C. The van der Waals surface area contributed by atoms with E-state index >= 15 is 0 Å². The number of rotatable bonds is 6. The number of nitrogens with one attached hydrogen (secondary N) is 2. The molecule has 1 aliphatic rings. The molecule has 1 fully saturated rings. The number of hydrogen-bond acceptors (Lipinski definition) is 4. The highest BCUT2D eigenvalue weighted by Gasteiger charge is 2.27. The van der Waals surface area contributed by atoms with Crippen LogP contribution in [-0.2, 0) is 11.2 Å².